The average molecular weight is 272 g/mol. The largest absolute Gasteiger partial charge is 0.491 e. The molecule has 0 bridgehead atoms. The van der Waals surface area contributed by atoms with E-state index in [2.05, 4.69) is 0 Å². The van der Waals surface area contributed by atoms with Crippen molar-refractivity contribution in [3.05, 3.63) is 18.2 Å². The Morgan fingerprint density at radius 2 is 1.94 bits per heavy atom. The van der Waals surface area contributed by atoms with Crippen LogP contribution in [0.3, 0.4) is 0 Å². The Balaban J connectivity index is 3.00. The van der Waals surface area contributed by atoms with Crippen molar-refractivity contribution >= 4 is 15.7 Å². The molecule has 0 aromatic heterocycles. The molecule has 6 heteroatoms. The summed E-state index contributed by atoms with van der Waals surface area (Å²) in [6, 6.07) is 4.51. The van der Waals surface area contributed by atoms with Gasteiger partial charge in [0.25, 0.3) is 0 Å². The molecular weight excluding hydrogens is 252 g/mol. The van der Waals surface area contributed by atoms with Crippen LogP contribution in [-0.4, -0.2) is 33.4 Å². The Kier molecular flexibility index (Phi) is 4.59. The zero-order valence-corrected chi connectivity index (χ0v) is 12.0. The molecule has 1 rings (SSSR count). The highest BCUT2D eigenvalue weighted by Gasteiger charge is 2.18. The fourth-order valence-electron chi connectivity index (χ4n) is 1.29. The number of benzene rings is 1. The molecule has 0 aliphatic carbocycles. The minimum atomic E-state index is -3.45. The zero-order chi connectivity index (χ0) is 13.9. The molecule has 0 saturated carbocycles. The highest BCUT2D eigenvalue weighted by Crippen LogP contribution is 2.26. The van der Waals surface area contributed by atoms with Gasteiger partial charge in [0.05, 0.1) is 17.2 Å². The highest BCUT2D eigenvalue weighted by atomic mass is 32.2. The van der Waals surface area contributed by atoms with Gasteiger partial charge in [0.2, 0.25) is 10.0 Å². The molecule has 0 unspecified atom stereocenters. The van der Waals surface area contributed by atoms with Crippen molar-refractivity contribution in [3.63, 3.8) is 0 Å². The maximum absolute atomic E-state index is 11.9. The van der Waals surface area contributed by atoms with Crippen LogP contribution in [0, 0.1) is 5.92 Å². The van der Waals surface area contributed by atoms with E-state index in [-0.39, 0.29) is 4.90 Å². The summed E-state index contributed by atoms with van der Waals surface area (Å²) >= 11 is 0. The predicted octanol–water partition coefficient (Wildman–Crippen LogP) is 1.55. The quantitative estimate of drug-likeness (QED) is 0.825. The van der Waals surface area contributed by atoms with Gasteiger partial charge >= 0.3 is 0 Å². The monoisotopic (exact) mass is 272 g/mol. The molecule has 18 heavy (non-hydrogen) atoms. The first kappa shape index (κ1) is 14.8. The van der Waals surface area contributed by atoms with E-state index in [1.54, 1.807) is 6.07 Å². The van der Waals surface area contributed by atoms with Crippen molar-refractivity contribution in [2.45, 2.75) is 18.7 Å². The standard InChI is InChI=1S/C12H20N2O3S/c1-9(2)8-17-12-6-5-10(7-11(12)13)18(15,16)14(3)4/h5-7,9H,8,13H2,1-4H3. The van der Waals surface area contributed by atoms with Gasteiger partial charge in [0, 0.05) is 14.1 Å². The van der Waals surface area contributed by atoms with Crippen LogP contribution in [0.2, 0.25) is 0 Å². The molecule has 0 radical (unpaired) electrons. The average Bonchev–Trinajstić information content (AvgIpc) is 2.26. The van der Waals surface area contributed by atoms with Crippen LogP contribution in [0.1, 0.15) is 13.8 Å². The lowest BCUT2D eigenvalue weighted by atomic mass is 10.2. The van der Waals surface area contributed by atoms with E-state index in [0.29, 0.717) is 24.0 Å². The summed E-state index contributed by atoms with van der Waals surface area (Å²) in [5, 5.41) is 0. The minimum Gasteiger partial charge on any atom is -0.491 e. The first-order valence-corrected chi connectivity index (χ1v) is 7.14. The van der Waals surface area contributed by atoms with Gasteiger partial charge in [-0.2, -0.15) is 0 Å². The van der Waals surface area contributed by atoms with E-state index in [9.17, 15) is 8.42 Å². The molecule has 0 aliphatic rings. The summed E-state index contributed by atoms with van der Waals surface area (Å²) in [6.07, 6.45) is 0. The van der Waals surface area contributed by atoms with Crippen LogP contribution < -0.4 is 10.5 Å². The summed E-state index contributed by atoms with van der Waals surface area (Å²) in [5.41, 5.74) is 6.13. The van der Waals surface area contributed by atoms with E-state index >= 15 is 0 Å². The number of rotatable bonds is 5. The highest BCUT2D eigenvalue weighted by molar-refractivity contribution is 7.89. The van der Waals surface area contributed by atoms with Crippen LogP contribution in [0.4, 0.5) is 5.69 Å². The van der Waals surface area contributed by atoms with Gasteiger partial charge in [-0.05, 0) is 24.1 Å². The molecule has 0 atom stereocenters. The molecule has 0 amide bonds. The van der Waals surface area contributed by atoms with E-state index in [1.165, 1.54) is 26.2 Å². The van der Waals surface area contributed by atoms with Crippen molar-refractivity contribution in [3.8, 4) is 5.75 Å². The summed E-state index contributed by atoms with van der Waals surface area (Å²) in [7, 11) is -0.488. The maximum Gasteiger partial charge on any atom is 0.242 e. The third-order valence-corrected chi connectivity index (χ3v) is 4.14. The molecule has 102 valence electrons. The van der Waals surface area contributed by atoms with Crippen LogP contribution in [0.15, 0.2) is 23.1 Å². The molecule has 5 nitrogen and oxygen atoms in total. The zero-order valence-electron chi connectivity index (χ0n) is 11.2. The lowest BCUT2D eigenvalue weighted by Gasteiger charge is -2.14. The van der Waals surface area contributed by atoms with Crippen LogP contribution in [0.5, 0.6) is 5.75 Å². The van der Waals surface area contributed by atoms with Crippen LogP contribution >= 0.6 is 0 Å². The van der Waals surface area contributed by atoms with Crippen molar-refractivity contribution in [2.24, 2.45) is 5.92 Å². The van der Waals surface area contributed by atoms with Gasteiger partial charge in [-0.1, -0.05) is 13.8 Å². The first-order chi connectivity index (χ1) is 8.25. The maximum atomic E-state index is 11.9. The van der Waals surface area contributed by atoms with Crippen LogP contribution in [-0.2, 0) is 10.0 Å². The summed E-state index contributed by atoms with van der Waals surface area (Å²) < 4.78 is 30.4. The smallest absolute Gasteiger partial charge is 0.242 e. The van der Waals surface area contributed by atoms with Gasteiger partial charge in [-0.3, -0.25) is 0 Å². The SMILES string of the molecule is CC(C)COc1ccc(S(=O)(=O)N(C)C)cc1N. The molecule has 1 aromatic carbocycles. The topological polar surface area (TPSA) is 72.6 Å². The number of sulfonamides is 1. The lowest BCUT2D eigenvalue weighted by molar-refractivity contribution is 0.272. The van der Waals surface area contributed by atoms with Crippen molar-refractivity contribution in [1.29, 1.82) is 0 Å². The summed E-state index contributed by atoms with van der Waals surface area (Å²) in [5.74, 6) is 0.899. The Morgan fingerprint density at radius 1 is 1.33 bits per heavy atom. The second-order valence-electron chi connectivity index (χ2n) is 4.69. The van der Waals surface area contributed by atoms with Crippen molar-refractivity contribution in [2.75, 3.05) is 26.4 Å². The number of nitrogens with zero attached hydrogens (tertiary/aromatic N) is 1. The van der Waals surface area contributed by atoms with Gasteiger partial charge < -0.3 is 10.5 Å². The fourth-order valence-corrected chi connectivity index (χ4v) is 2.22. The Hall–Kier alpha value is -1.27. The third-order valence-electron chi connectivity index (χ3n) is 2.33. The van der Waals surface area contributed by atoms with E-state index in [1.807, 2.05) is 13.8 Å². The molecule has 0 spiro atoms. The predicted molar refractivity (Wildman–Crippen MR) is 72.1 cm³/mol. The van der Waals surface area contributed by atoms with Gasteiger partial charge in [-0.15, -0.1) is 0 Å². The van der Waals surface area contributed by atoms with Gasteiger partial charge in [0.15, 0.2) is 0 Å². The molecule has 0 aliphatic heterocycles. The Morgan fingerprint density at radius 3 is 2.39 bits per heavy atom. The summed E-state index contributed by atoms with van der Waals surface area (Å²) in [4.78, 5) is 0.168. The molecule has 0 fully saturated rings. The molecule has 2 N–H and O–H groups in total. The first-order valence-electron chi connectivity index (χ1n) is 5.70. The molecule has 0 saturated heterocycles. The minimum absolute atomic E-state index is 0.168. The Bertz CT molecular complexity index is 510. The normalized spacial score (nSPS) is 12.1. The van der Waals surface area contributed by atoms with Gasteiger partial charge in [-0.25, -0.2) is 12.7 Å². The molecular formula is C12H20N2O3S. The number of hydrogen-bond donors (Lipinski definition) is 1. The fraction of sp³-hybridized carbons (Fsp3) is 0.500. The van der Waals surface area contributed by atoms with Gasteiger partial charge in [0.1, 0.15) is 5.75 Å². The number of anilines is 1. The Labute approximate surface area is 109 Å². The van der Waals surface area contributed by atoms with Crippen molar-refractivity contribution in [1.82, 2.24) is 4.31 Å². The van der Waals surface area contributed by atoms with E-state index < -0.39 is 10.0 Å². The number of nitrogen functional groups attached to an aromatic ring is 1. The second-order valence-corrected chi connectivity index (χ2v) is 6.84. The molecule has 1 aromatic rings. The van der Waals surface area contributed by atoms with Crippen LogP contribution in [0.25, 0.3) is 0 Å². The lowest BCUT2D eigenvalue weighted by Crippen LogP contribution is -2.22. The number of nitrogens with two attached hydrogens (primary N) is 1. The van der Waals surface area contributed by atoms with E-state index in [4.69, 9.17) is 10.5 Å². The second kappa shape index (κ2) is 5.58. The number of hydrogen-bond acceptors (Lipinski definition) is 4. The summed E-state index contributed by atoms with van der Waals surface area (Å²) in [6.45, 7) is 4.60. The van der Waals surface area contributed by atoms with E-state index in [0.717, 1.165) is 4.31 Å². The number of ether oxygens (including phenoxy) is 1. The van der Waals surface area contributed by atoms with Crippen molar-refractivity contribution < 1.29 is 13.2 Å². The third kappa shape index (κ3) is 3.36. The molecule has 0 heterocycles.